The highest BCUT2D eigenvalue weighted by molar-refractivity contribution is 9.10. The van der Waals surface area contributed by atoms with Gasteiger partial charge in [-0.25, -0.2) is 4.39 Å². The minimum absolute atomic E-state index is 0.0902. The molecule has 1 rings (SSSR count). The number of anilines is 1. The predicted octanol–water partition coefficient (Wildman–Crippen LogP) is 3.19. The smallest absolute Gasteiger partial charge is 0.146 e. The zero-order chi connectivity index (χ0) is 12.3. The molecule has 0 atom stereocenters. The molecule has 0 saturated carbocycles. The van der Waals surface area contributed by atoms with Crippen molar-refractivity contribution >= 4 is 21.6 Å². The third kappa shape index (κ3) is 2.95. The van der Waals surface area contributed by atoms with E-state index in [2.05, 4.69) is 15.9 Å². The first-order valence-corrected chi connectivity index (χ1v) is 5.97. The van der Waals surface area contributed by atoms with Gasteiger partial charge in [-0.3, -0.25) is 0 Å². The molecule has 0 unspecified atom stereocenters. The van der Waals surface area contributed by atoms with Gasteiger partial charge in [0.1, 0.15) is 5.82 Å². The number of rotatable bonds is 4. The lowest BCUT2D eigenvalue weighted by Gasteiger charge is -2.37. The Balaban J connectivity index is 3.03. The molecule has 2 nitrogen and oxygen atoms in total. The van der Waals surface area contributed by atoms with Gasteiger partial charge in [0, 0.05) is 23.7 Å². The Bertz CT molecular complexity index is 368. The zero-order valence-electron chi connectivity index (χ0n) is 9.80. The molecule has 0 aliphatic rings. The highest BCUT2D eigenvalue weighted by Crippen LogP contribution is 2.29. The van der Waals surface area contributed by atoms with Crippen LogP contribution in [0.2, 0.25) is 0 Å². The average molecular weight is 290 g/mol. The second kappa shape index (κ2) is 5.15. The molecule has 0 saturated heterocycles. The molecule has 0 radical (unpaired) electrons. The molecule has 0 bridgehead atoms. The van der Waals surface area contributed by atoms with Crippen LogP contribution in [0.5, 0.6) is 0 Å². The zero-order valence-corrected chi connectivity index (χ0v) is 11.4. The van der Waals surface area contributed by atoms with E-state index >= 15 is 0 Å². The minimum Gasteiger partial charge on any atom is -0.396 e. The summed E-state index contributed by atoms with van der Waals surface area (Å²) in [4.78, 5) is 1.85. The van der Waals surface area contributed by atoms with Crippen LogP contribution in [0, 0.1) is 5.82 Å². The standard InChI is InChI=1S/C12H17BrFNO/c1-12(2,6-7-16)15(3)11-8-9(13)4-5-10(11)14/h4-5,8,16H,6-7H2,1-3H3. The fourth-order valence-electron chi connectivity index (χ4n) is 1.51. The van der Waals surface area contributed by atoms with Crippen molar-refractivity contribution in [2.75, 3.05) is 18.6 Å². The van der Waals surface area contributed by atoms with E-state index in [0.29, 0.717) is 12.1 Å². The Morgan fingerprint density at radius 3 is 2.62 bits per heavy atom. The molecule has 0 amide bonds. The van der Waals surface area contributed by atoms with Crippen LogP contribution in [0.4, 0.5) is 10.1 Å². The summed E-state index contributed by atoms with van der Waals surface area (Å²) in [5.74, 6) is -0.253. The molecular formula is C12H17BrFNO. The van der Waals surface area contributed by atoms with Gasteiger partial charge in [-0.2, -0.15) is 0 Å². The first-order chi connectivity index (χ1) is 7.38. The van der Waals surface area contributed by atoms with Crippen molar-refractivity contribution in [3.63, 3.8) is 0 Å². The van der Waals surface area contributed by atoms with E-state index in [4.69, 9.17) is 5.11 Å². The minimum atomic E-state index is -0.281. The second-order valence-electron chi connectivity index (χ2n) is 4.44. The number of nitrogens with zero attached hydrogens (tertiary/aromatic N) is 1. The molecule has 16 heavy (non-hydrogen) atoms. The lowest BCUT2D eigenvalue weighted by molar-refractivity contribution is 0.250. The maximum Gasteiger partial charge on any atom is 0.146 e. The third-order valence-electron chi connectivity index (χ3n) is 2.90. The molecule has 0 fully saturated rings. The fourth-order valence-corrected chi connectivity index (χ4v) is 1.86. The Labute approximate surface area is 104 Å². The van der Waals surface area contributed by atoms with Crippen LogP contribution < -0.4 is 4.90 Å². The number of aliphatic hydroxyl groups excluding tert-OH is 1. The summed E-state index contributed by atoms with van der Waals surface area (Å²) < 4.78 is 14.5. The van der Waals surface area contributed by atoms with Crippen LogP contribution >= 0.6 is 15.9 Å². The molecule has 0 aliphatic carbocycles. The van der Waals surface area contributed by atoms with Crippen LogP contribution in [0.25, 0.3) is 0 Å². The molecule has 90 valence electrons. The van der Waals surface area contributed by atoms with Gasteiger partial charge in [-0.15, -0.1) is 0 Å². The largest absolute Gasteiger partial charge is 0.396 e. The molecule has 0 aromatic heterocycles. The number of hydrogen-bond donors (Lipinski definition) is 1. The molecule has 0 heterocycles. The predicted molar refractivity (Wildman–Crippen MR) is 68.3 cm³/mol. The Morgan fingerprint density at radius 1 is 1.44 bits per heavy atom. The Morgan fingerprint density at radius 2 is 2.06 bits per heavy atom. The summed E-state index contributed by atoms with van der Waals surface area (Å²) in [5.41, 5.74) is 0.254. The molecule has 1 aromatic carbocycles. The van der Waals surface area contributed by atoms with Crippen LogP contribution in [0.1, 0.15) is 20.3 Å². The number of benzene rings is 1. The second-order valence-corrected chi connectivity index (χ2v) is 5.36. The summed E-state index contributed by atoms with van der Waals surface area (Å²) in [6.45, 7) is 4.04. The van der Waals surface area contributed by atoms with Gasteiger partial charge in [-0.05, 0) is 38.5 Å². The van der Waals surface area contributed by atoms with Crippen LogP contribution in [0.3, 0.4) is 0 Å². The number of hydrogen-bond acceptors (Lipinski definition) is 2. The van der Waals surface area contributed by atoms with Gasteiger partial charge in [0.25, 0.3) is 0 Å². The summed E-state index contributed by atoms with van der Waals surface area (Å²) >= 11 is 3.33. The van der Waals surface area contributed by atoms with Crippen molar-refractivity contribution in [2.24, 2.45) is 0 Å². The highest BCUT2D eigenvalue weighted by Gasteiger charge is 2.25. The van der Waals surface area contributed by atoms with Crippen molar-refractivity contribution in [2.45, 2.75) is 25.8 Å². The monoisotopic (exact) mass is 289 g/mol. The van der Waals surface area contributed by atoms with Crippen molar-refractivity contribution in [3.8, 4) is 0 Å². The molecule has 0 aliphatic heterocycles. The molecule has 0 spiro atoms. The van der Waals surface area contributed by atoms with Crippen molar-refractivity contribution in [3.05, 3.63) is 28.5 Å². The van der Waals surface area contributed by atoms with Gasteiger partial charge in [0.15, 0.2) is 0 Å². The molecule has 1 N–H and O–H groups in total. The average Bonchev–Trinajstić information content (AvgIpc) is 2.20. The lowest BCUT2D eigenvalue weighted by atomic mass is 9.98. The van der Waals surface area contributed by atoms with Gasteiger partial charge in [-0.1, -0.05) is 15.9 Å². The topological polar surface area (TPSA) is 23.5 Å². The van der Waals surface area contributed by atoms with E-state index in [9.17, 15) is 4.39 Å². The maximum atomic E-state index is 13.7. The summed E-state index contributed by atoms with van der Waals surface area (Å²) in [5, 5.41) is 8.99. The van der Waals surface area contributed by atoms with Crippen LogP contribution in [0.15, 0.2) is 22.7 Å². The third-order valence-corrected chi connectivity index (χ3v) is 3.39. The van der Waals surface area contributed by atoms with E-state index < -0.39 is 0 Å². The number of halogens is 2. The lowest BCUT2D eigenvalue weighted by Crippen LogP contribution is -2.42. The molecule has 4 heteroatoms. The van der Waals surface area contributed by atoms with Gasteiger partial charge in [0.05, 0.1) is 5.69 Å². The summed E-state index contributed by atoms with van der Waals surface area (Å²) in [7, 11) is 1.83. The molecular weight excluding hydrogens is 273 g/mol. The van der Waals surface area contributed by atoms with Crippen molar-refractivity contribution in [1.82, 2.24) is 0 Å². The maximum absolute atomic E-state index is 13.7. The first kappa shape index (κ1) is 13.5. The van der Waals surface area contributed by atoms with Gasteiger partial charge >= 0.3 is 0 Å². The SMILES string of the molecule is CN(c1cc(Br)ccc1F)C(C)(C)CCO. The van der Waals surface area contributed by atoms with E-state index in [0.717, 1.165) is 4.47 Å². The van der Waals surface area contributed by atoms with Gasteiger partial charge in [0.2, 0.25) is 0 Å². The van der Waals surface area contributed by atoms with E-state index in [1.807, 2.05) is 25.8 Å². The van der Waals surface area contributed by atoms with Crippen LogP contribution in [-0.4, -0.2) is 24.3 Å². The van der Waals surface area contributed by atoms with Crippen molar-refractivity contribution < 1.29 is 9.50 Å². The Kier molecular flexibility index (Phi) is 4.33. The van der Waals surface area contributed by atoms with Gasteiger partial charge < -0.3 is 10.0 Å². The first-order valence-electron chi connectivity index (χ1n) is 5.18. The van der Waals surface area contributed by atoms with Crippen molar-refractivity contribution in [1.29, 1.82) is 0 Å². The summed E-state index contributed by atoms with van der Waals surface area (Å²) in [6.07, 6.45) is 0.593. The summed E-state index contributed by atoms with van der Waals surface area (Å²) in [6, 6.07) is 4.85. The normalized spacial score (nSPS) is 11.6. The quantitative estimate of drug-likeness (QED) is 0.920. The van der Waals surface area contributed by atoms with Crippen LogP contribution in [-0.2, 0) is 0 Å². The van der Waals surface area contributed by atoms with E-state index in [-0.39, 0.29) is 18.0 Å². The highest BCUT2D eigenvalue weighted by atomic mass is 79.9. The van der Waals surface area contributed by atoms with E-state index in [1.165, 1.54) is 6.07 Å². The fraction of sp³-hybridized carbons (Fsp3) is 0.500. The Hall–Kier alpha value is -0.610. The number of aliphatic hydroxyl groups is 1. The molecule has 1 aromatic rings. The van der Waals surface area contributed by atoms with E-state index in [1.54, 1.807) is 12.1 Å².